The number of allylic oxidation sites excluding steroid dienone is 2. The number of hydrogen-bond donors (Lipinski definition) is 1. The lowest BCUT2D eigenvalue weighted by atomic mass is 9.94. The maximum absolute atomic E-state index is 12.3. The lowest BCUT2D eigenvalue weighted by Gasteiger charge is -2.18. The average molecular weight is 454 g/mol. The number of rotatable bonds is 10. The second kappa shape index (κ2) is 10.9. The molecule has 7 heteroatoms. The van der Waals surface area contributed by atoms with Crippen molar-refractivity contribution in [1.82, 2.24) is 5.32 Å². The van der Waals surface area contributed by atoms with Gasteiger partial charge in [0, 0.05) is 24.1 Å². The summed E-state index contributed by atoms with van der Waals surface area (Å²) in [5.41, 5.74) is 5.07. The zero-order valence-corrected chi connectivity index (χ0v) is 19.9. The first-order valence-electron chi connectivity index (χ1n) is 10.9. The van der Waals surface area contributed by atoms with Crippen molar-refractivity contribution in [3.05, 3.63) is 63.7 Å². The van der Waals surface area contributed by atoms with Crippen LogP contribution in [0.1, 0.15) is 52.4 Å². The SMILES string of the molecule is COc1ccc(CNC(=O)CC/C(C)=C/Cc2c(OC)c(C)c3c(c2OC)C(=O)OC3)cc1. The number of ether oxygens (including phenoxy) is 4. The number of carbonyl (C=O) groups is 2. The summed E-state index contributed by atoms with van der Waals surface area (Å²) in [6.45, 7) is 4.62. The first-order valence-corrected chi connectivity index (χ1v) is 10.9. The van der Waals surface area contributed by atoms with Crippen LogP contribution >= 0.6 is 0 Å². The van der Waals surface area contributed by atoms with Crippen LogP contribution in [0.3, 0.4) is 0 Å². The zero-order valence-electron chi connectivity index (χ0n) is 19.9. The van der Waals surface area contributed by atoms with Gasteiger partial charge in [0.05, 0.1) is 21.3 Å². The van der Waals surface area contributed by atoms with Crippen molar-refractivity contribution in [2.75, 3.05) is 21.3 Å². The largest absolute Gasteiger partial charge is 0.497 e. The molecule has 0 saturated carbocycles. The summed E-state index contributed by atoms with van der Waals surface area (Å²) >= 11 is 0. The van der Waals surface area contributed by atoms with Gasteiger partial charge in [0.2, 0.25) is 5.91 Å². The highest BCUT2D eigenvalue weighted by Crippen LogP contribution is 2.42. The number of esters is 1. The topological polar surface area (TPSA) is 83.1 Å². The summed E-state index contributed by atoms with van der Waals surface area (Å²) in [4.78, 5) is 24.5. The molecule has 1 heterocycles. The van der Waals surface area contributed by atoms with Gasteiger partial charge in [0.15, 0.2) is 0 Å². The van der Waals surface area contributed by atoms with E-state index in [2.05, 4.69) is 5.32 Å². The Bertz CT molecular complexity index is 1060. The fraction of sp³-hybridized carbons (Fsp3) is 0.385. The molecular formula is C26H31NO6. The summed E-state index contributed by atoms with van der Waals surface area (Å²) in [6, 6.07) is 7.60. The third-order valence-corrected chi connectivity index (χ3v) is 5.88. The molecule has 0 saturated heterocycles. The first-order chi connectivity index (χ1) is 15.9. The number of hydrogen-bond acceptors (Lipinski definition) is 6. The van der Waals surface area contributed by atoms with Crippen LogP contribution in [0.4, 0.5) is 0 Å². The molecule has 33 heavy (non-hydrogen) atoms. The van der Waals surface area contributed by atoms with E-state index in [-0.39, 0.29) is 18.5 Å². The summed E-state index contributed by atoms with van der Waals surface area (Å²) in [6.07, 6.45) is 3.59. The van der Waals surface area contributed by atoms with Gasteiger partial charge in [0.25, 0.3) is 0 Å². The first kappa shape index (κ1) is 24.2. The van der Waals surface area contributed by atoms with Crippen LogP contribution in [0, 0.1) is 6.92 Å². The van der Waals surface area contributed by atoms with Crippen molar-refractivity contribution in [1.29, 1.82) is 0 Å². The van der Waals surface area contributed by atoms with Crippen LogP contribution in [-0.4, -0.2) is 33.2 Å². The standard InChI is InChI=1S/C26H31NO6/c1-16(7-13-22(28)27-14-18-8-10-19(30-3)11-9-18)6-12-20-24(31-4)17(2)21-15-33-26(29)23(21)25(20)32-5/h6,8-11H,7,12-15H2,1-5H3,(H,27,28)/b16-6+. The molecule has 1 aliphatic heterocycles. The molecule has 2 aromatic carbocycles. The van der Waals surface area contributed by atoms with E-state index in [0.717, 1.165) is 33.6 Å². The average Bonchev–Trinajstić information content (AvgIpc) is 3.22. The van der Waals surface area contributed by atoms with E-state index in [0.29, 0.717) is 42.9 Å². The number of benzene rings is 2. The Morgan fingerprint density at radius 3 is 2.39 bits per heavy atom. The van der Waals surface area contributed by atoms with E-state index in [9.17, 15) is 9.59 Å². The van der Waals surface area contributed by atoms with Gasteiger partial charge in [-0.25, -0.2) is 4.79 Å². The Morgan fingerprint density at radius 2 is 1.76 bits per heavy atom. The Hall–Kier alpha value is -3.48. The second-order valence-electron chi connectivity index (χ2n) is 7.98. The maximum Gasteiger partial charge on any atom is 0.342 e. The molecule has 0 bridgehead atoms. The minimum absolute atomic E-state index is 0.00940. The van der Waals surface area contributed by atoms with Gasteiger partial charge in [0.1, 0.15) is 29.4 Å². The molecule has 0 unspecified atom stereocenters. The van der Waals surface area contributed by atoms with Crippen molar-refractivity contribution < 1.29 is 28.5 Å². The molecular weight excluding hydrogens is 422 g/mol. The second-order valence-corrected chi connectivity index (χ2v) is 7.98. The molecule has 0 fully saturated rings. The molecule has 0 atom stereocenters. The fourth-order valence-electron chi connectivity index (χ4n) is 3.96. The number of methoxy groups -OCH3 is 3. The third kappa shape index (κ3) is 5.48. The van der Waals surface area contributed by atoms with Gasteiger partial charge < -0.3 is 24.3 Å². The Kier molecular flexibility index (Phi) is 7.98. The minimum Gasteiger partial charge on any atom is -0.497 e. The monoisotopic (exact) mass is 453 g/mol. The Balaban J connectivity index is 1.62. The molecule has 2 aromatic rings. The van der Waals surface area contributed by atoms with Gasteiger partial charge >= 0.3 is 5.97 Å². The number of nitrogens with one attached hydrogen (secondary N) is 1. The van der Waals surface area contributed by atoms with E-state index < -0.39 is 0 Å². The van der Waals surface area contributed by atoms with E-state index >= 15 is 0 Å². The van der Waals surface area contributed by atoms with Crippen LogP contribution in [0.15, 0.2) is 35.9 Å². The van der Waals surface area contributed by atoms with Gasteiger partial charge in [-0.2, -0.15) is 0 Å². The van der Waals surface area contributed by atoms with Gasteiger partial charge in [-0.05, 0) is 49.9 Å². The summed E-state index contributed by atoms with van der Waals surface area (Å²) in [7, 11) is 4.78. The number of cyclic esters (lactones) is 1. The molecule has 0 aromatic heterocycles. The summed E-state index contributed by atoms with van der Waals surface area (Å²) in [5.74, 6) is 1.60. The molecule has 176 valence electrons. The number of carbonyl (C=O) groups excluding carboxylic acids is 2. The molecule has 1 amide bonds. The van der Waals surface area contributed by atoms with Crippen LogP contribution in [0.2, 0.25) is 0 Å². The zero-order chi connectivity index (χ0) is 24.0. The molecule has 0 aliphatic carbocycles. The summed E-state index contributed by atoms with van der Waals surface area (Å²) < 4.78 is 21.6. The highest BCUT2D eigenvalue weighted by molar-refractivity contribution is 5.98. The van der Waals surface area contributed by atoms with Crippen LogP contribution in [0.5, 0.6) is 17.2 Å². The van der Waals surface area contributed by atoms with Crippen LogP contribution < -0.4 is 19.5 Å². The molecule has 7 nitrogen and oxygen atoms in total. The van der Waals surface area contributed by atoms with Crippen LogP contribution in [0.25, 0.3) is 0 Å². The third-order valence-electron chi connectivity index (χ3n) is 5.88. The normalized spacial score (nSPS) is 12.8. The molecule has 0 spiro atoms. The minimum atomic E-state index is -0.372. The van der Waals surface area contributed by atoms with Gasteiger partial charge in [-0.1, -0.05) is 23.8 Å². The molecule has 1 aliphatic rings. The van der Waals surface area contributed by atoms with Crippen molar-refractivity contribution in [3.8, 4) is 17.2 Å². The van der Waals surface area contributed by atoms with Crippen molar-refractivity contribution in [2.24, 2.45) is 0 Å². The van der Waals surface area contributed by atoms with Gasteiger partial charge in [-0.15, -0.1) is 0 Å². The molecule has 3 rings (SSSR count). The van der Waals surface area contributed by atoms with Crippen molar-refractivity contribution in [2.45, 2.75) is 46.3 Å². The summed E-state index contributed by atoms with van der Waals surface area (Å²) in [5, 5.41) is 2.94. The lowest BCUT2D eigenvalue weighted by molar-refractivity contribution is -0.121. The highest BCUT2D eigenvalue weighted by atomic mass is 16.5. The highest BCUT2D eigenvalue weighted by Gasteiger charge is 2.32. The smallest absolute Gasteiger partial charge is 0.342 e. The fourth-order valence-corrected chi connectivity index (χ4v) is 3.96. The van der Waals surface area contributed by atoms with E-state index in [4.69, 9.17) is 18.9 Å². The Labute approximate surface area is 194 Å². The van der Waals surface area contributed by atoms with Gasteiger partial charge in [-0.3, -0.25) is 4.79 Å². The predicted molar refractivity (Wildman–Crippen MR) is 125 cm³/mol. The molecule has 0 radical (unpaired) electrons. The number of fused-ring (bicyclic) bond motifs is 1. The van der Waals surface area contributed by atoms with E-state index in [1.807, 2.05) is 44.2 Å². The molecule has 1 N–H and O–H groups in total. The maximum atomic E-state index is 12.3. The Morgan fingerprint density at radius 1 is 1.06 bits per heavy atom. The predicted octanol–water partition coefficient (Wildman–Crippen LogP) is 4.28. The quantitative estimate of drug-likeness (QED) is 0.427. The van der Waals surface area contributed by atoms with E-state index in [1.54, 1.807) is 21.3 Å². The van der Waals surface area contributed by atoms with Crippen LogP contribution in [-0.2, 0) is 29.1 Å². The van der Waals surface area contributed by atoms with E-state index in [1.165, 1.54) is 0 Å². The number of amides is 1. The van der Waals surface area contributed by atoms with Crippen molar-refractivity contribution in [3.63, 3.8) is 0 Å². The van der Waals surface area contributed by atoms with Crippen molar-refractivity contribution >= 4 is 11.9 Å². The lowest BCUT2D eigenvalue weighted by Crippen LogP contribution is -2.22.